The molecule has 1 heterocycles. The second-order valence-corrected chi connectivity index (χ2v) is 2.94. The molecule has 1 aromatic heterocycles. The van der Waals surface area contributed by atoms with Crippen LogP contribution in [0.1, 0.15) is 32.1 Å². The summed E-state index contributed by atoms with van der Waals surface area (Å²) in [6.45, 7) is 9.72. The van der Waals surface area contributed by atoms with Gasteiger partial charge in [-0.3, -0.25) is 0 Å². The highest BCUT2D eigenvalue weighted by atomic mass is 16.3. The zero-order valence-electron chi connectivity index (χ0n) is 9.00. The quantitative estimate of drug-likeness (QED) is 0.695. The molecule has 0 unspecified atom stereocenters. The molecule has 1 aromatic rings. The van der Waals surface area contributed by atoms with Crippen LogP contribution in [0.3, 0.4) is 0 Å². The van der Waals surface area contributed by atoms with Crippen LogP contribution >= 0.6 is 0 Å². The van der Waals surface area contributed by atoms with Gasteiger partial charge < -0.3 is 4.42 Å². The normalized spacial score (nSPS) is 14.2. The Morgan fingerprint density at radius 1 is 1.14 bits per heavy atom. The molecule has 0 saturated heterocycles. The number of hydrogen-bond acceptors (Lipinski definition) is 1. The summed E-state index contributed by atoms with van der Waals surface area (Å²) in [5.41, 5.74) is 2.02. The molecule has 0 radical (unpaired) electrons. The minimum absolute atomic E-state index is 0.837. The molecule has 0 aliphatic rings. The molecule has 0 aliphatic carbocycles. The summed E-state index contributed by atoms with van der Waals surface area (Å²) in [4.78, 5) is 0. The molecule has 0 amide bonds. The molecule has 14 heavy (non-hydrogen) atoms. The molecule has 1 heteroatoms. The summed E-state index contributed by atoms with van der Waals surface area (Å²) in [5.74, 6) is 0.837. The van der Waals surface area contributed by atoms with E-state index in [1.165, 1.54) is 0 Å². The van der Waals surface area contributed by atoms with Crippen molar-refractivity contribution in [2.45, 2.75) is 20.8 Å². The zero-order valence-corrected chi connectivity index (χ0v) is 9.00. The van der Waals surface area contributed by atoms with Crippen molar-refractivity contribution in [1.82, 2.24) is 0 Å². The molecule has 1 rings (SSSR count). The lowest BCUT2D eigenvalue weighted by molar-refractivity contribution is 0.521. The molecule has 0 bridgehead atoms. The van der Waals surface area contributed by atoms with Crippen LogP contribution in [-0.4, -0.2) is 0 Å². The fourth-order valence-corrected chi connectivity index (χ4v) is 1.50. The fraction of sp³-hybridized carbons (Fsp3) is 0.231. The Kier molecular flexibility index (Phi) is 3.52. The highest BCUT2D eigenvalue weighted by Crippen LogP contribution is 2.06. The van der Waals surface area contributed by atoms with Gasteiger partial charge in [0.05, 0.1) is 0 Å². The SMILES string of the molecule is C=Cc1oc(=C/C)/c(=C\C)c1/C=C\C. The van der Waals surface area contributed by atoms with Crippen molar-refractivity contribution in [1.29, 1.82) is 0 Å². The van der Waals surface area contributed by atoms with E-state index in [1.807, 2.05) is 39.0 Å². The monoisotopic (exact) mass is 188 g/mol. The van der Waals surface area contributed by atoms with Crippen LogP contribution in [0.2, 0.25) is 0 Å². The van der Waals surface area contributed by atoms with Gasteiger partial charge in [0.1, 0.15) is 11.2 Å². The third-order valence-corrected chi connectivity index (χ3v) is 2.11. The lowest BCUT2D eigenvalue weighted by atomic mass is 10.1. The number of hydrogen-bond donors (Lipinski definition) is 0. The van der Waals surface area contributed by atoms with Gasteiger partial charge in [0.25, 0.3) is 0 Å². The molecule has 0 saturated carbocycles. The minimum Gasteiger partial charge on any atom is -0.456 e. The maximum Gasteiger partial charge on any atom is 0.134 e. The largest absolute Gasteiger partial charge is 0.456 e. The smallest absolute Gasteiger partial charge is 0.134 e. The summed E-state index contributed by atoms with van der Waals surface area (Å²) in [7, 11) is 0. The Morgan fingerprint density at radius 2 is 1.86 bits per heavy atom. The lowest BCUT2D eigenvalue weighted by Crippen LogP contribution is -2.20. The summed E-state index contributed by atoms with van der Waals surface area (Å²) in [5, 5.41) is 1.14. The van der Waals surface area contributed by atoms with Crippen LogP contribution in [0.4, 0.5) is 0 Å². The minimum atomic E-state index is 0.837. The highest BCUT2D eigenvalue weighted by Gasteiger charge is 2.03. The van der Waals surface area contributed by atoms with Crippen LogP contribution in [0.25, 0.3) is 24.3 Å². The van der Waals surface area contributed by atoms with Gasteiger partial charge in [-0.2, -0.15) is 0 Å². The first-order valence-corrected chi connectivity index (χ1v) is 4.79. The predicted molar refractivity (Wildman–Crippen MR) is 63.0 cm³/mol. The van der Waals surface area contributed by atoms with Gasteiger partial charge in [-0.05, 0) is 32.9 Å². The van der Waals surface area contributed by atoms with Gasteiger partial charge in [-0.1, -0.05) is 24.8 Å². The van der Waals surface area contributed by atoms with E-state index in [0.717, 1.165) is 22.0 Å². The van der Waals surface area contributed by atoms with Crippen molar-refractivity contribution < 1.29 is 4.42 Å². The third-order valence-electron chi connectivity index (χ3n) is 2.11. The summed E-state index contributed by atoms with van der Waals surface area (Å²) >= 11 is 0. The molecule has 0 aromatic carbocycles. The van der Waals surface area contributed by atoms with Crippen molar-refractivity contribution in [3.8, 4) is 0 Å². The van der Waals surface area contributed by atoms with Crippen molar-refractivity contribution in [2.24, 2.45) is 0 Å². The van der Waals surface area contributed by atoms with Gasteiger partial charge in [0.2, 0.25) is 0 Å². The van der Waals surface area contributed by atoms with Gasteiger partial charge in [-0.25, -0.2) is 0 Å². The van der Waals surface area contributed by atoms with Crippen molar-refractivity contribution in [3.05, 3.63) is 34.6 Å². The Bertz CT molecular complexity index is 458. The van der Waals surface area contributed by atoms with Gasteiger partial charge in [0.15, 0.2) is 0 Å². The van der Waals surface area contributed by atoms with Gasteiger partial charge in [0, 0.05) is 10.8 Å². The lowest BCUT2D eigenvalue weighted by Gasteiger charge is -1.87. The second-order valence-electron chi connectivity index (χ2n) is 2.94. The van der Waals surface area contributed by atoms with Crippen LogP contribution in [0.15, 0.2) is 17.1 Å². The van der Waals surface area contributed by atoms with E-state index in [0.29, 0.717) is 0 Å². The highest BCUT2D eigenvalue weighted by molar-refractivity contribution is 5.62. The molecule has 74 valence electrons. The van der Waals surface area contributed by atoms with Crippen molar-refractivity contribution >= 4 is 24.3 Å². The fourth-order valence-electron chi connectivity index (χ4n) is 1.50. The molecular weight excluding hydrogens is 172 g/mol. The Morgan fingerprint density at radius 3 is 2.29 bits per heavy atom. The molecule has 0 N–H and O–H groups in total. The Labute approximate surface area is 84.8 Å². The summed E-state index contributed by atoms with van der Waals surface area (Å²) < 4.78 is 5.63. The molecular formula is C13H16O. The third kappa shape index (κ3) is 1.72. The number of rotatable bonds is 2. The van der Waals surface area contributed by atoms with E-state index < -0.39 is 0 Å². The van der Waals surface area contributed by atoms with E-state index in [9.17, 15) is 0 Å². The first kappa shape index (κ1) is 10.6. The number of furan rings is 1. The van der Waals surface area contributed by atoms with Gasteiger partial charge in [-0.15, -0.1) is 0 Å². The average molecular weight is 188 g/mol. The standard InChI is InChI=1S/C13H16O/c1-5-9-11-10(6-2)12(7-3)14-13(11)8-4/h5-9H,4H2,1-3H3/b9-5-,10-6-,12-7+. The topological polar surface area (TPSA) is 13.1 Å². The molecule has 0 aliphatic heterocycles. The first-order valence-electron chi connectivity index (χ1n) is 4.79. The van der Waals surface area contributed by atoms with Crippen LogP contribution in [0, 0.1) is 0 Å². The number of allylic oxidation sites excluding steroid dienone is 1. The molecule has 0 atom stereocenters. The maximum absolute atomic E-state index is 5.63. The first-order chi connectivity index (χ1) is 6.78. The van der Waals surface area contributed by atoms with E-state index >= 15 is 0 Å². The molecule has 0 spiro atoms. The van der Waals surface area contributed by atoms with Crippen molar-refractivity contribution in [2.75, 3.05) is 0 Å². The van der Waals surface area contributed by atoms with Crippen molar-refractivity contribution in [3.63, 3.8) is 0 Å². The zero-order chi connectivity index (χ0) is 10.6. The summed E-state index contributed by atoms with van der Waals surface area (Å²) in [6.07, 6.45) is 9.82. The second kappa shape index (κ2) is 4.66. The van der Waals surface area contributed by atoms with E-state index in [1.54, 1.807) is 6.08 Å². The molecule has 0 fully saturated rings. The van der Waals surface area contributed by atoms with Crippen LogP contribution < -0.4 is 10.6 Å². The maximum atomic E-state index is 5.63. The van der Waals surface area contributed by atoms with Gasteiger partial charge >= 0.3 is 0 Å². The summed E-state index contributed by atoms with van der Waals surface area (Å²) in [6, 6.07) is 0. The predicted octanol–water partition coefficient (Wildman–Crippen LogP) is 2.56. The van der Waals surface area contributed by atoms with E-state index in [4.69, 9.17) is 4.42 Å². The van der Waals surface area contributed by atoms with E-state index in [2.05, 4.69) is 12.7 Å². The van der Waals surface area contributed by atoms with E-state index in [-0.39, 0.29) is 0 Å². The Hall–Kier alpha value is -1.50. The average Bonchev–Trinajstić information content (AvgIpc) is 2.56. The van der Waals surface area contributed by atoms with Crippen LogP contribution in [-0.2, 0) is 0 Å². The Balaban J connectivity index is 3.67. The van der Waals surface area contributed by atoms with Crippen LogP contribution in [0.5, 0.6) is 0 Å². The molecule has 1 nitrogen and oxygen atoms in total.